The summed E-state index contributed by atoms with van der Waals surface area (Å²) < 4.78 is 0. The second-order valence-corrected chi connectivity index (χ2v) is 6.97. The molecule has 0 spiro atoms. The molecule has 112 valence electrons. The molecule has 0 bridgehead atoms. The molecule has 0 saturated heterocycles. The first-order valence-electron chi connectivity index (χ1n) is 7.91. The summed E-state index contributed by atoms with van der Waals surface area (Å²) in [4.78, 5) is 12.1. The molecule has 0 aromatic rings. The number of carbonyl (C=O) groups is 1. The Balaban J connectivity index is 2.34. The maximum atomic E-state index is 12.1. The second kappa shape index (κ2) is 7.88. The van der Waals surface area contributed by atoms with E-state index in [0.717, 1.165) is 31.1 Å². The Labute approximate surface area is 118 Å². The molecule has 4 atom stereocenters. The number of rotatable bonds is 6. The molecule has 4 unspecified atom stereocenters. The minimum atomic E-state index is 0.197. The van der Waals surface area contributed by atoms with Crippen molar-refractivity contribution < 1.29 is 4.79 Å². The molecule has 1 aliphatic rings. The molecule has 3 heteroatoms. The van der Waals surface area contributed by atoms with Crippen LogP contribution in [0, 0.1) is 23.7 Å². The van der Waals surface area contributed by atoms with Crippen LogP contribution in [-0.2, 0) is 4.79 Å². The molecule has 0 heterocycles. The number of nitrogens with two attached hydrogens (primary N) is 1. The predicted molar refractivity (Wildman–Crippen MR) is 80.7 cm³/mol. The lowest BCUT2D eigenvalue weighted by Crippen LogP contribution is -2.41. The van der Waals surface area contributed by atoms with Gasteiger partial charge in [-0.3, -0.25) is 4.79 Å². The Morgan fingerprint density at radius 1 is 1.26 bits per heavy atom. The van der Waals surface area contributed by atoms with E-state index in [-0.39, 0.29) is 5.91 Å². The molecule has 0 aliphatic heterocycles. The molecular weight excluding hydrogens is 236 g/mol. The average molecular weight is 268 g/mol. The third-order valence-electron chi connectivity index (χ3n) is 4.58. The highest BCUT2D eigenvalue weighted by Gasteiger charge is 2.26. The van der Waals surface area contributed by atoms with Crippen LogP contribution in [0.5, 0.6) is 0 Å². The van der Waals surface area contributed by atoms with Crippen molar-refractivity contribution in [2.75, 3.05) is 6.54 Å². The van der Waals surface area contributed by atoms with Crippen molar-refractivity contribution in [2.24, 2.45) is 29.4 Å². The van der Waals surface area contributed by atoms with Gasteiger partial charge in [0.05, 0.1) is 0 Å². The van der Waals surface area contributed by atoms with Crippen LogP contribution in [0.3, 0.4) is 0 Å². The van der Waals surface area contributed by atoms with Crippen molar-refractivity contribution in [3.8, 4) is 0 Å². The van der Waals surface area contributed by atoms with Gasteiger partial charge < -0.3 is 11.1 Å². The van der Waals surface area contributed by atoms with E-state index in [2.05, 4.69) is 33.0 Å². The second-order valence-electron chi connectivity index (χ2n) is 6.97. The predicted octanol–water partition coefficient (Wildman–Crippen LogP) is 2.94. The SMILES string of the molecule is CC(C)CC(CN)CC(=O)NC1CCC(C)C(C)C1. The summed E-state index contributed by atoms with van der Waals surface area (Å²) in [7, 11) is 0. The molecule has 3 nitrogen and oxygen atoms in total. The van der Waals surface area contributed by atoms with Crippen molar-refractivity contribution >= 4 is 5.91 Å². The van der Waals surface area contributed by atoms with E-state index < -0.39 is 0 Å². The number of nitrogens with one attached hydrogen (secondary N) is 1. The Morgan fingerprint density at radius 2 is 1.95 bits per heavy atom. The first-order chi connectivity index (χ1) is 8.92. The van der Waals surface area contributed by atoms with E-state index in [1.54, 1.807) is 0 Å². The zero-order valence-corrected chi connectivity index (χ0v) is 13.1. The van der Waals surface area contributed by atoms with Gasteiger partial charge in [0, 0.05) is 12.5 Å². The quantitative estimate of drug-likeness (QED) is 0.778. The molecule has 1 rings (SSSR count). The van der Waals surface area contributed by atoms with Crippen molar-refractivity contribution in [1.82, 2.24) is 5.32 Å². The molecule has 0 aromatic heterocycles. The number of amides is 1. The van der Waals surface area contributed by atoms with Gasteiger partial charge in [0.15, 0.2) is 0 Å². The molecule has 1 saturated carbocycles. The Hall–Kier alpha value is -0.570. The van der Waals surface area contributed by atoms with E-state index in [9.17, 15) is 4.79 Å². The van der Waals surface area contributed by atoms with E-state index in [1.165, 1.54) is 6.42 Å². The molecule has 19 heavy (non-hydrogen) atoms. The fraction of sp³-hybridized carbons (Fsp3) is 0.938. The lowest BCUT2D eigenvalue weighted by atomic mass is 9.79. The van der Waals surface area contributed by atoms with Crippen molar-refractivity contribution in [3.05, 3.63) is 0 Å². The van der Waals surface area contributed by atoms with Gasteiger partial charge in [-0.2, -0.15) is 0 Å². The van der Waals surface area contributed by atoms with Gasteiger partial charge in [-0.1, -0.05) is 27.7 Å². The van der Waals surface area contributed by atoms with Gasteiger partial charge in [-0.05, 0) is 55.9 Å². The van der Waals surface area contributed by atoms with Gasteiger partial charge in [0.25, 0.3) is 0 Å². The van der Waals surface area contributed by atoms with E-state index in [4.69, 9.17) is 5.73 Å². The molecule has 3 N–H and O–H groups in total. The highest BCUT2D eigenvalue weighted by molar-refractivity contribution is 5.76. The minimum Gasteiger partial charge on any atom is -0.353 e. The third-order valence-corrected chi connectivity index (χ3v) is 4.58. The fourth-order valence-electron chi connectivity index (χ4n) is 3.16. The topological polar surface area (TPSA) is 55.1 Å². The molecule has 0 aromatic carbocycles. The zero-order chi connectivity index (χ0) is 14.4. The van der Waals surface area contributed by atoms with Gasteiger partial charge >= 0.3 is 0 Å². The van der Waals surface area contributed by atoms with Crippen molar-refractivity contribution in [2.45, 2.75) is 65.8 Å². The monoisotopic (exact) mass is 268 g/mol. The van der Waals surface area contributed by atoms with Crippen molar-refractivity contribution in [1.29, 1.82) is 0 Å². The van der Waals surface area contributed by atoms with Crippen LogP contribution in [0.25, 0.3) is 0 Å². The number of carbonyl (C=O) groups excluding carboxylic acids is 1. The average Bonchev–Trinajstić information content (AvgIpc) is 2.32. The first kappa shape index (κ1) is 16.5. The van der Waals surface area contributed by atoms with E-state index >= 15 is 0 Å². The summed E-state index contributed by atoms with van der Waals surface area (Å²) in [6, 6.07) is 0.385. The van der Waals surface area contributed by atoms with Crippen LogP contribution in [-0.4, -0.2) is 18.5 Å². The summed E-state index contributed by atoms with van der Waals surface area (Å²) in [5, 5.41) is 3.21. The molecule has 1 fully saturated rings. The van der Waals surface area contributed by atoms with Crippen LogP contribution in [0.15, 0.2) is 0 Å². The Kier molecular flexibility index (Phi) is 6.84. The van der Waals surface area contributed by atoms with Crippen LogP contribution >= 0.6 is 0 Å². The van der Waals surface area contributed by atoms with Crippen LogP contribution in [0.1, 0.15) is 59.8 Å². The van der Waals surface area contributed by atoms with Gasteiger partial charge in [0.1, 0.15) is 0 Å². The van der Waals surface area contributed by atoms with Gasteiger partial charge in [-0.25, -0.2) is 0 Å². The maximum Gasteiger partial charge on any atom is 0.220 e. The summed E-state index contributed by atoms with van der Waals surface area (Å²) in [5.41, 5.74) is 5.76. The van der Waals surface area contributed by atoms with E-state index in [1.807, 2.05) is 0 Å². The Bertz CT molecular complexity index is 278. The largest absolute Gasteiger partial charge is 0.353 e. The summed E-state index contributed by atoms with van der Waals surface area (Å²) in [5.74, 6) is 2.66. The maximum absolute atomic E-state index is 12.1. The van der Waals surface area contributed by atoms with E-state index in [0.29, 0.717) is 30.8 Å². The van der Waals surface area contributed by atoms with Crippen LogP contribution in [0.4, 0.5) is 0 Å². The fourth-order valence-corrected chi connectivity index (χ4v) is 3.16. The highest BCUT2D eigenvalue weighted by atomic mass is 16.1. The summed E-state index contributed by atoms with van der Waals surface area (Å²) in [6.45, 7) is 9.60. The molecule has 1 amide bonds. The summed E-state index contributed by atoms with van der Waals surface area (Å²) >= 11 is 0. The smallest absolute Gasteiger partial charge is 0.220 e. The molecule has 0 radical (unpaired) electrons. The highest BCUT2D eigenvalue weighted by Crippen LogP contribution is 2.29. The zero-order valence-electron chi connectivity index (χ0n) is 13.1. The van der Waals surface area contributed by atoms with Crippen LogP contribution < -0.4 is 11.1 Å². The third kappa shape index (κ3) is 5.94. The lowest BCUT2D eigenvalue weighted by molar-refractivity contribution is -0.123. The van der Waals surface area contributed by atoms with Crippen molar-refractivity contribution in [3.63, 3.8) is 0 Å². The number of hydrogen-bond acceptors (Lipinski definition) is 2. The van der Waals surface area contributed by atoms with Gasteiger partial charge in [-0.15, -0.1) is 0 Å². The standard InChI is InChI=1S/C16H32N2O/c1-11(2)7-14(10-17)9-16(19)18-15-6-5-12(3)13(4)8-15/h11-15H,5-10,17H2,1-4H3,(H,18,19). The molecule has 1 aliphatic carbocycles. The summed E-state index contributed by atoms with van der Waals surface area (Å²) in [6.07, 6.45) is 5.13. The number of hydrogen-bond donors (Lipinski definition) is 2. The normalized spacial score (nSPS) is 29.3. The van der Waals surface area contributed by atoms with Crippen LogP contribution in [0.2, 0.25) is 0 Å². The first-order valence-corrected chi connectivity index (χ1v) is 7.91. The Morgan fingerprint density at radius 3 is 2.47 bits per heavy atom. The minimum absolute atomic E-state index is 0.197. The lowest BCUT2D eigenvalue weighted by Gasteiger charge is -2.32. The molecular formula is C16H32N2O. The van der Waals surface area contributed by atoms with Gasteiger partial charge in [0.2, 0.25) is 5.91 Å².